The van der Waals surface area contributed by atoms with Gasteiger partial charge in [-0.15, -0.1) is 0 Å². The Hall–Kier alpha value is -2.30. The zero-order chi connectivity index (χ0) is 13.8. The van der Waals surface area contributed by atoms with E-state index >= 15 is 0 Å². The lowest BCUT2D eigenvalue weighted by molar-refractivity contribution is 0.0982. The number of ether oxygens (including phenoxy) is 1. The summed E-state index contributed by atoms with van der Waals surface area (Å²) in [6.07, 6.45) is 1.03. The number of rotatable bonds is 4. The second-order valence-electron chi connectivity index (χ2n) is 3.85. The summed E-state index contributed by atoms with van der Waals surface area (Å²) in [5, 5.41) is 0. The summed E-state index contributed by atoms with van der Waals surface area (Å²) in [6, 6.07) is 6.65. The summed E-state index contributed by atoms with van der Waals surface area (Å²) >= 11 is 0. The van der Waals surface area contributed by atoms with Crippen LogP contribution >= 0.6 is 0 Å². The van der Waals surface area contributed by atoms with E-state index < -0.39 is 23.8 Å². The van der Waals surface area contributed by atoms with Gasteiger partial charge in [0.2, 0.25) is 0 Å². The van der Waals surface area contributed by atoms with E-state index in [0.29, 0.717) is 0 Å². The van der Waals surface area contributed by atoms with Crippen molar-refractivity contribution in [1.82, 2.24) is 4.98 Å². The molecule has 1 heterocycles. The van der Waals surface area contributed by atoms with Crippen LogP contribution in [0.5, 0.6) is 5.75 Å². The Morgan fingerprint density at radius 3 is 2.53 bits per heavy atom. The molecule has 0 saturated heterocycles. The van der Waals surface area contributed by atoms with Crippen LogP contribution in [0.3, 0.4) is 0 Å². The van der Waals surface area contributed by atoms with Crippen LogP contribution in [-0.4, -0.2) is 17.9 Å². The van der Waals surface area contributed by atoms with E-state index in [9.17, 15) is 13.6 Å². The molecule has 0 atom stereocenters. The number of nitrogens with zero attached hydrogens (tertiary/aromatic N) is 1. The first kappa shape index (κ1) is 13.1. The highest BCUT2D eigenvalue weighted by atomic mass is 19.1. The van der Waals surface area contributed by atoms with Crippen LogP contribution in [0.1, 0.15) is 16.1 Å². The fourth-order valence-corrected chi connectivity index (χ4v) is 1.71. The quantitative estimate of drug-likeness (QED) is 0.796. The summed E-state index contributed by atoms with van der Waals surface area (Å²) in [6.45, 7) is 0. The van der Waals surface area contributed by atoms with Gasteiger partial charge in [0.25, 0.3) is 0 Å². The molecule has 0 unspecified atom stereocenters. The molecule has 1 aromatic heterocycles. The van der Waals surface area contributed by atoms with Crippen molar-refractivity contribution >= 4 is 5.78 Å². The van der Waals surface area contributed by atoms with E-state index in [1.807, 2.05) is 0 Å². The molecule has 0 radical (unpaired) electrons. The number of carbonyl (C=O) groups excluding carboxylic acids is 1. The third-order valence-corrected chi connectivity index (χ3v) is 2.65. The molecule has 0 spiro atoms. The second-order valence-corrected chi connectivity index (χ2v) is 3.85. The molecule has 0 aliphatic carbocycles. The first-order valence-electron chi connectivity index (χ1n) is 5.58. The predicted molar refractivity (Wildman–Crippen MR) is 65.2 cm³/mol. The van der Waals surface area contributed by atoms with E-state index in [1.54, 1.807) is 12.1 Å². The van der Waals surface area contributed by atoms with Gasteiger partial charge in [-0.2, -0.15) is 0 Å². The lowest BCUT2D eigenvalue weighted by Gasteiger charge is -2.07. The molecule has 0 aliphatic heterocycles. The largest absolute Gasteiger partial charge is 0.494 e. The monoisotopic (exact) mass is 263 g/mol. The minimum absolute atomic E-state index is 0.0626. The van der Waals surface area contributed by atoms with Gasteiger partial charge >= 0.3 is 0 Å². The van der Waals surface area contributed by atoms with Crippen LogP contribution in [0.25, 0.3) is 0 Å². The van der Waals surface area contributed by atoms with Crippen LogP contribution in [0.2, 0.25) is 0 Å². The molecule has 2 rings (SSSR count). The summed E-state index contributed by atoms with van der Waals surface area (Å²) in [5.74, 6) is -1.71. The topological polar surface area (TPSA) is 39.2 Å². The Labute approximate surface area is 108 Å². The Bertz CT molecular complexity index is 594. The first-order chi connectivity index (χ1) is 9.13. The fourth-order valence-electron chi connectivity index (χ4n) is 1.71. The van der Waals surface area contributed by atoms with Crippen molar-refractivity contribution < 1.29 is 18.3 Å². The maximum atomic E-state index is 13.5. The molecule has 0 saturated carbocycles. The summed E-state index contributed by atoms with van der Waals surface area (Å²) in [7, 11) is 1.40. The van der Waals surface area contributed by atoms with Crippen molar-refractivity contribution in [2.24, 2.45) is 0 Å². The molecule has 0 amide bonds. The lowest BCUT2D eigenvalue weighted by Crippen LogP contribution is -2.10. The van der Waals surface area contributed by atoms with E-state index in [1.165, 1.54) is 19.4 Å². The highest BCUT2D eigenvalue weighted by Crippen LogP contribution is 2.19. The van der Waals surface area contributed by atoms with E-state index in [2.05, 4.69) is 4.98 Å². The van der Waals surface area contributed by atoms with Crippen molar-refractivity contribution in [3.05, 3.63) is 59.4 Å². The Kier molecular flexibility index (Phi) is 3.85. The van der Waals surface area contributed by atoms with Gasteiger partial charge < -0.3 is 4.74 Å². The maximum Gasteiger partial charge on any atom is 0.189 e. The molecule has 0 aliphatic rings. The minimum atomic E-state index is -0.747. The van der Waals surface area contributed by atoms with Gasteiger partial charge in [0.05, 0.1) is 7.11 Å². The van der Waals surface area contributed by atoms with Crippen molar-refractivity contribution in [3.63, 3.8) is 0 Å². The molecule has 0 N–H and O–H groups in total. The average molecular weight is 263 g/mol. The normalized spacial score (nSPS) is 10.3. The summed E-state index contributed by atoms with van der Waals surface area (Å²) in [5.41, 5.74) is -0.201. The number of benzene rings is 1. The highest BCUT2D eigenvalue weighted by molar-refractivity contribution is 5.98. The van der Waals surface area contributed by atoms with Gasteiger partial charge in [-0.05, 0) is 24.3 Å². The van der Waals surface area contributed by atoms with Crippen molar-refractivity contribution in [1.29, 1.82) is 0 Å². The molecule has 1 aromatic carbocycles. The fraction of sp³-hybridized carbons (Fsp3) is 0.143. The highest BCUT2D eigenvalue weighted by Gasteiger charge is 2.18. The molecule has 19 heavy (non-hydrogen) atoms. The molecule has 0 bridgehead atoms. The second kappa shape index (κ2) is 5.56. The first-order valence-corrected chi connectivity index (χ1v) is 5.58. The average Bonchev–Trinajstić information content (AvgIpc) is 2.42. The van der Waals surface area contributed by atoms with Gasteiger partial charge in [-0.1, -0.05) is 6.07 Å². The Balaban J connectivity index is 2.31. The predicted octanol–water partition coefficient (Wildman–Crippen LogP) is 2.79. The van der Waals surface area contributed by atoms with Crippen LogP contribution in [-0.2, 0) is 6.42 Å². The maximum absolute atomic E-state index is 13.5. The molecule has 98 valence electrons. The van der Waals surface area contributed by atoms with Crippen molar-refractivity contribution in [3.8, 4) is 5.75 Å². The van der Waals surface area contributed by atoms with Crippen LogP contribution in [0.4, 0.5) is 8.78 Å². The van der Waals surface area contributed by atoms with Crippen molar-refractivity contribution in [2.75, 3.05) is 7.11 Å². The summed E-state index contributed by atoms with van der Waals surface area (Å²) < 4.78 is 31.9. The van der Waals surface area contributed by atoms with E-state index in [4.69, 9.17) is 4.74 Å². The zero-order valence-electron chi connectivity index (χ0n) is 10.2. The van der Waals surface area contributed by atoms with Gasteiger partial charge in [-0.3, -0.25) is 4.79 Å². The van der Waals surface area contributed by atoms with Crippen LogP contribution in [0.15, 0.2) is 36.5 Å². The minimum Gasteiger partial charge on any atom is -0.494 e. The molecule has 3 nitrogen and oxygen atoms in total. The number of methoxy groups -OCH3 is 1. The third-order valence-electron chi connectivity index (χ3n) is 2.65. The SMILES string of the molecule is COc1cccnc1C(=O)Cc1c(F)cccc1F. The number of hydrogen-bond donors (Lipinski definition) is 0. The standard InChI is InChI=1S/C14H11F2NO2/c1-19-13-6-3-7-17-14(13)12(18)8-9-10(15)4-2-5-11(9)16/h2-7H,8H2,1H3. The number of pyridine rings is 1. The zero-order valence-corrected chi connectivity index (χ0v) is 10.2. The molecule has 5 heteroatoms. The number of halogens is 2. The van der Waals surface area contributed by atoms with Crippen LogP contribution < -0.4 is 4.74 Å². The van der Waals surface area contributed by atoms with Gasteiger partial charge in [0.1, 0.15) is 23.1 Å². The third kappa shape index (κ3) is 2.76. The number of carbonyl (C=O) groups is 1. The molecular weight excluding hydrogens is 252 g/mol. The van der Waals surface area contributed by atoms with Gasteiger partial charge in [0, 0.05) is 18.2 Å². The molecule has 0 fully saturated rings. The van der Waals surface area contributed by atoms with Crippen molar-refractivity contribution in [2.45, 2.75) is 6.42 Å². The van der Waals surface area contributed by atoms with Gasteiger partial charge in [-0.25, -0.2) is 13.8 Å². The van der Waals surface area contributed by atoms with Crippen LogP contribution in [0, 0.1) is 11.6 Å². The van der Waals surface area contributed by atoms with Gasteiger partial charge in [0.15, 0.2) is 5.78 Å². The summed E-state index contributed by atoms with van der Waals surface area (Å²) in [4.78, 5) is 15.9. The number of aromatic nitrogens is 1. The molecular formula is C14H11F2NO2. The molecule has 2 aromatic rings. The number of Topliss-reactive ketones (excluding diaryl/α,β-unsaturated/α-hetero) is 1. The van der Waals surface area contributed by atoms with E-state index in [0.717, 1.165) is 12.1 Å². The number of hydrogen-bond acceptors (Lipinski definition) is 3. The Morgan fingerprint density at radius 2 is 1.89 bits per heavy atom. The Morgan fingerprint density at radius 1 is 1.21 bits per heavy atom. The van der Waals surface area contributed by atoms with E-state index in [-0.39, 0.29) is 17.0 Å². The lowest BCUT2D eigenvalue weighted by atomic mass is 10.0. The number of ketones is 1. The smallest absolute Gasteiger partial charge is 0.189 e.